The van der Waals surface area contributed by atoms with Crippen LogP contribution in [0.15, 0.2) is 12.2 Å². The molecule has 2 N–H and O–H groups in total. The number of hydrogen-bond donors (Lipinski definition) is 1. The average Bonchev–Trinajstić information content (AvgIpc) is 2.43. The Hall–Kier alpha value is 0.219. The third kappa shape index (κ3) is 18.2. The fourth-order valence-corrected chi connectivity index (χ4v) is 2.81. The Kier molecular flexibility index (Phi) is 17.5. The molecule has 120 valence electrons. The molecular weight excluding hydrogens is 309 g/mol. The van der Waals surface area contributed by atoms with E-state index in [0.29, 0.717) is 4.94 Å². The molecule has 0 aromatic heterocycles. The molecule has 2 heteroatoms. The van der Waals surface area contributed by atoms with Crippen molar-refractivity contribution in [2.45, 2.75) is 102 Å². The van der Waals surface area contributed by atoms with Gasteiger partial charge in [-0.1, -0.05) is 39.0 Å². The minimum absolute atomic E-state index is 0.326. The number of rotatable bonds is 15. The Bertz CT molecular complexity index is 202. The summed E-state index contributed by atoms with van der Waals surface area (Å²) in [6, 6.07) is 0. The van der Waals surface area contributed by atoms with Crippen LogP contribution < -0.4 is 5.73 Å². The van der Waals surface area contributed by atoms with Crippen LogP contribution in [0.1, 0.15) is 96.8 Å². The molecule has 0 bridgehead atoms. The second kappa shape index (κ2) is 17.3. The summed E-state index contributed by atoms with van der Waals surface area (Å²) in [4.78, 5) is 0.326. The van der Waals surface area contributed by atoms with Gasteiger partial charge in [-0.3, -0.25) is 0 Å². The van der Waals surface area contributed by atoms with Gasteiger partial charge in [-0.2, -0.15) is 0 Å². The van der Waals surface area contributed by atoms with Gasteiger partial charge in [0.15, 0.2) is 0 Å². The molecule has 0 radical (unpaired) electrons. The monoisotopic (exact) mass is 347 g/mol. The molecule has 0 amide bonds. The maximum absolute atomic E-state index is 5.71. The Morgan fingerprint density at radius 2 is 1.20 bits per heavy atom. The molecule has 0 aromatic rings. The van der Waals surface area contributed by atoms with Crippen molar-refractivity contribution in [1.29, 1.82) is 0 Å². The van der Waals surface area contributed by atoms with Gasteiger partial charge in [0.2, 0.25) is 0 Å². The molecule has 0 fully saturated rings. The van der Waals surface area contributed by atoms with E-state index in [9.17, 15) is 0 Å². The summed E-state index contributed by atoms with van der Waals surface area (Å²) >= 11 is 2.53. The van der Waals surface area contributed by atoms with Crippen molar-refractivity contribution in [3.8, 4) is 0 Å². The van der Waals surface area contributed by atoms with E-state index >= 15 is 0 Å². The third-order valence-electron chi connectivity index (χ3n) is 3.76. The zero-order valence-corrected chi connectivity index (χ0v) is 15.5. The van der Waals surface area contributed by atoms with Crippen molar-refractivity contribution in [3.05, 3.63) is 12.2 Å². The summed E-state index contributed by atoms with van der Waals surface area (Å²) in [7, 11) is 0. The van der Waals surface area contributed by atoms with Crippen LogP contribution in [0.5, 0.6) is 0 Å². The van der Waals surface area contributed by atoms with E-state index < -0.39 is 0 Å². The van der Waals surface area contributed by atoms with Crippen LogP contribution in [-0.4, -0.2) is 21.0 Å². The Labute approximate surface area is 136 Å². The van der Waals surface area contributed by atoms with Gasteiger partial charge in [0.1, 0.15) is 0 Å². The fourth-order valence-electron chi connectivity index (χ4n) is 2.42. The van der Waals surface area contributed by atoms with Crippen LogP contribution in [-0.2, 0) is 0 Å². The Morgan fingerprint density at radius 3 is 1.70 bits per heavy atom. The van der Waals surface area contributed by atoms with Gasteiger partial charge < -0.3 is 0 Å². The first-order chi connectivity index (χ1) is 9.77. The number of allylic oxidation sites excluding steroid dienone is 2. The molecule has 20 heavy (non-hydrogen) atoms. The van der Waals surface area contributed by atoms with E-state index in [-0.39, 0.29) is 0 Å². The van der Waals surface area contributed by atoms with Crippen molar-refractivity contribution < 1.29 is 0 Å². The van der Waals surface area contributed by atoms with Gasteiger partial charge in [0.25, 0.3) is 0 Å². The molecule has 0 aliphatic carbocycles. The standard InChI is InChI=1S/C18H37NSe/c1-2-3-4-5-6-7-8-9-10-11-12-13-14-15-16-17-18(19)20/h9-10,18,20H,2-8,11-17,19H2,1H3/b10-9-. The van der Waals surface area contributed by atoms with Gasteiger partial charge in [-0.05, 0) is 0 Å². The second-order valence-corrected chi connectivity index (χ2v) is 7.33. The normalized spacial score (nSPS) is 13.2. The first-order valence-corrected chi connectivity index (χ1v) is 9.94. The van der Waals surface area contributed by atoms with E-state index in [1.165, 1.54) is 83.5 Å². The van der Waals surface area contributed by atoms with E-state index in [2.05, 4.69) is 35.1 Å². The van der Waals surface area contributed by atoms with Gasteiger partial charge >= 0.3 is 96.6 Å². The molecule has 0 aliphatic rings. The molecular formula is C18H37NSe. The fraction of sp³-hybridized carbons (Fsp3) is 0.889. The molecule has 0 spiro atoms. The summed E-state index contributed by atoms with van der Waals surface area (Å²) in [5, 5.41) is 0. The SMILES string of the molecule is CCCCCCCC/C=C\CCCCCCCC(N)[SeH]. The first kappa shape index (κ1) is 20.2. The van der Waals surface area contributed by atoms with Gasteiger partial charge in [-0.25, -0.2) is 0 Å². The van der Waals surface area contributed by atoms with Crippen LogP contribution in [0.4, 0.5) is 0 Å². The van der Waals surface area contributed by atoms with E-state index in [1.807, 2.05) is 0 Å². The van der Waals surface area contributed by atoms with Gasteiger partial charge in [-0.15, -0.1) is 0 Å². The quantitative estimate of drug-likeness (QED) is 0.246. The van der Waals surface area contributed by atoms with Crippen molar-refractivity contribution >= 4 is 16.0 Å². The summed E-state index contributed by atoms with van der Waals surface area (Å²) in [6.07, 6.45) is 23.7. The van der Waals surface area contributed by atoms with Crippen LogP contribution in [0.25, 0.3) is 0 Å². The van der Waals surface area contributed by atoms with E-state index in [0.717, 1.165) is 6.42 Å². The summed E-state index contributed by atoms with van der Waals surface area (Å²) in [5.41, 5.74) is 5.71. The van der Waals surface area contributed by atoms with Crippen LogP contribution in [0, 0.1) is 0 Å². The van der Waals surface area contributed by atoms with Crippen molar-refractivity contribution in [3.63, 3.8) is 0 Å². The van der Waals surface area contributed by atoms with Crippen LogP contribution in [0.3, 0.4) is 0 Å². The van der Waals surface area contributed by atoms with Gasteiger partial charge in [0, 0.05) is 0 Å². The Balaban J connectivity index is 3.05. The minimum atomic E-state index is 0.326. The molecule has 0 saturated carbocycles. The molecule has 0 aromatic carbocycles. The molecule has 0 rings (SSSR count). The number of hydrogen-bond acceptors (Lipinski definition) is 1. The molecule has 1 atom stereocenters. The van der Waals surface area contributed by atoms with E-state index in [4.69, 9.17) is 5.73 Å². The van der Waals surface area contributed by atoms with Crippen LogP contribution in [0.2, 0.25) is 0 Å². The maximum atomic E-state index is 5.71. The van der Waals surface area contributed by atoms with Crippen molar-refractivity contribution in [2.24, 2.45) is 5.73 Å². The molecule has 0 heterocycles. The topological polar surface area (TPSA) is 26.0 Å². The third-order valence-corrected chi connectivity index (χ3v) is 4.30. The molecule has 0 saturated heterocycles. The van der Waals surface area contributed by atoms with E-state index in [1.54, 1.807) is 0 Å². The molecule has 0 aliphatic heterocycles. The summed E-state index contributed by atoms with van der Waals surface area (Å²) in [6.45, 7) is 2.28. The zero-order valence-electron chi connectivity index (χ0n) is 13.7. The molecule has 1 unspecified atom stereocenters. The predicted molar refractivity (Wildman–Crippen MR) is 94.6 cm³/mol. The van der Waals surface area contributed by atoms with Crippen molar-refractivity contribution in [2.75, 3.05) is 0 Å². The number of nitrogens with two attached hydrogens (primary N) is 1. The number of unbranched alkanes of at least 4 members (excludes halogenated alkanes) is 11. The summed E-state index contributed by atoms with van der Waals surface area (Å²) in [5.74, 6) is 0. The van der Waals surface area contributed by atoms with Gasteiger partial charge in [0.05, 0.1) is 0 Å². The second-order valence-electron chi connectivity index (χ2n) is 5.94. The Morgan fingerprint density at radius 1 is 0.750 bits per heavy atom. The zero-order chi connectivity index (χ0) is 14.9. The predicted octanol–water partition coefficient (Wildman–Crippen LogP) is 5.21. The molecule has 1 nitrogen and oxygen atoms in total. The van der Waals surface area contributed by atoms with Crippen molar-refractivity contribution in [1.82, 2.24) is 0 Å². The summed E-state index contributed by atoms with van der Waals surface area (Å²) < 4.78 is 0. The first-order valence-electron chi connectivity index (χ1n) is 8.86. The van der Waals surface area contributed by atoms with Crippen LogP contribution >= 0.6 is 0 Å². The average molecular weight is 346 g/mol.